The summed E-state index contributed by atoms with van der Waals surface area (Å²) >= 11 is 0. The summed E-state index contributed by atoms with van der Waals surface area (Å²) in [5.74, 6) is 0.164. The zero-order valence-electron chi connectivity index (χ0n) is 9.39. The molecule has 3 nitrogen and oxygen atoms in total. The lowest BCUT2D eigenvalue weighted by atomic mass is 10.0. The molecule has 78 valence electrons. The molecule has 0 spiro atoms. The molecule has 0 aliphatic heterocycles. The Morgan fingerprint density at radius 1 is 1.31 bits per heavy atom. The Morgan fingerprint density at radius 2 is 1.77 bits per heavy atom. The predicted molar refractivity (Wildman–Crippen MR) is 53.6 cm³/mol. The summed E-state index contributed by atoms with van der Waals surface area (Å²) in [4.78, 5) is 13.4. The fraction of sp³-hybridized carbons (Fsp3) is 0.900. The summed E-state index contributed by atoms with van der Waals surface area (Å²) in [5.41, 5.74) is -0.348. The average molecular weight is 187 g/mol. The second-order valence-electron chi connectivity index (χ2n) is 3.71. The molecule has 0 rings (SSSR count). The van der Waals surface area contributed by atoms with E-state index >= 15 is 0 Å². The highest BCUT2D eigenvalue weighted by Crippen LogP contribution is 2.14. The monoisotopic (exact) mass is 187 g/mol. The van der Waals surface area contributed by atoms with Crippen molar-refractivity contribution in [3.8, 4) is 0 Å². The molecule has 0 radical (unpaired) electrons. The standard InChI is InChI=1S/C10H21NO2/c1-6-11(7-2)9(12)8-10(3,4)13-5/h6-8H2,1-5H3. The molecule has 0 saturated carbocycles. The number of hydrogen-bond donors (Lipinski definition) is 0. The van der Waals surface area contributed by atoms with E-state index < -0.39 is 0 Å². The average Bonchev–Trinajstić information content (AvgIpc) is 2.06. The summed E-state index contributed by atoms with van der Waals surface area (Å²) in [6.45, 7) is 9.37. The van der Waals surface area contributed by atoms with E-state index in [9.17, 15) is 4.79 Å². The first-order valence-corrected chi connectivity index (χ1v) is 4.79. The molecular formula is C10H21NO2. The maximum absolute atomic E-state index is 11.6. The molecule has 0 aliphatic rings. The van der Waals surface area contributed by atoms with Gasteiger partial charge in [0.2, 0.25) is 5.91 Å². The Bertz CT molecular complexity index is 162. The van der Waals surface area contributed by atoms with Gasteiger partial charge in [-0.25, -0.2) is 0 Å². The van der Waals surface area contributed by atoms with Crippen molar-refractivity contribution in [3.63, 3.8) is 0 Å². The van der Waals surface area contributed by atoms with Crippen LogP contribution in [0.5, 0.6) is 0 Å². The van der Waals surface area contributed by atoms with Crippen LogP contribution in [-0.2, 0) is 9.53 Å². The van der Waals surface area contributed by atoms with Crippen LogP contribution in [0.3, 0.4) is 0 Å². The van der Waals surface area contributed by atoms with Crippen molar-refractivity contribution in [3.05, 3.63) is 0 Å². The van der Waals surface area contributed by atoms with Crippen molar-refractivity contribution in [1.82, 2.24) is 4.90 Å². The highest BCUT2D eigenvalue weighted by Gasteiger charge is 2.23. The van der Waals surface area contributed by atoms with Gasteiger partial charge in [0.25, 0.3) is 0 Å². The van der Waals surface area contributed by atoms with E-state index in [2.05, 4.69) is 0 Å². The van der Waals surface area contributed by atoms with Crippen molar-refractivity contribution in [2.75, 3.05) is 20.2 Å². The molecular weight excluding hydrogens is 166 g/mol. The van der Waals surface area contributed by atoms with Gasteiger partial charge in [0, 0.05) is 20.2 Å². The third-order valence-electron chi connectivity index (χ3n) is 2.25. The van der Waals surface area contributed by atoms with Gasteiger partial charge in [-0.15, -0.1) is 0 Å². The smallest absolute Gasteiger partial charge is 0.225 e. The van der Waals surface area contributed by atoms with Crippen LogP contribution in [0.25, 0.3) is 0 Å². The number of ether oxygens (including phenoxy) is 1. The molecule has 0 saturated heterocycles. The number of carbonyl (C=O) groups excluding carboxylic acids is 1. The Balaban J connectivity index is 4.13. The number of nitrogens with zero attached hydrogens (tertiary/aromatic N) is 1. The van der Waals surface area contributed by atoms with E-state index in [1.807, 2.05) is 32.6 Å². The van der Waals surface area contributed by atoms with Crippen molar-refractivity contribution < 1.29 is 9.53 Å². The minimum atomic E-state index is -0.348. The summed E-state index contributed by atoms with van der Waals surface area (Å²) in [6, 6.07) is 0. The lowest BCUT2D eigenvalue weighted by molar-refractivity contribution is -0.136. The van der Waals surface area contributed by atoms with Crippen molar-refractivity contribution in [1.29, 1.82) is 0 Å². The van der Waals surface area contributed by atoms with Crippen LogP contribution >= 0.6 is 0 Å². The van der Waals surface area contributed by atoms with Crippen LogP contribution < -0.4 is 0 Å². The fourth-order valence-corrected chi connectivity index (χ4v) is 1.12. The Morgan fingerprint density at radius 3 is 2.08 bits per heavy atom. The predicted octanol–water partition coefficient (Wildman–Crippen LogP) is 1.67. The molecule has 3 heteroatoms. The first-order valence-electron chi connectivity index (χ1n) is 4.79. The molecule has 0 atom stereocenters. The molecule has 0 aromatic heterocycles. The molecule has 0 unspecified atom stereocenters. The zero-order valence-corrected chi connectivity index (χ0v) is 9.39. The third kappa shape index (κ3) is 4.27. The van der Waals surface area contributed by atoms with E-state index in [1.165, 1.54) is 0 Å². The lowest BCUT2D eigenvalue weighted by Gasteiger charge is -2.26. The molecule has 0 heterocycles. The van der Waals surface area contributed by atoms with Gasteiger partial charge >= 0.3 is 0 Å². The third-order valence-corrected chi connectivity index (χ3v) is 2.25. The quantitative estimate of drug-likeness (QED) is 0.655. The van der Waals surface area contributed by atoms with Gasteiger partial charge in [-0.3, -0.25) is 4.79 Å². The molecule has 0 aromatic rings. The van der Waals surface area contributed by atoms with Gasteiger partial charge in [-0.05, 0) is 27.7 Å². The van der Waals surface area contributed by atoms with E-state index in [1.54, 1.807) is 7.11 Å². The molecule has 1 amide bonds. The lowest BCUT2D eigenvalue weighted by Crippen LogP contribution is -2.37. The molecule has 0 aliphatic carbocycles. The normalized spacial score (nSPS) is 11.5. The number of carbonyl (C=O) groups is 1. The first-order chi connectivity index (χ1) is 5.96. The largest absolute Gasteiger partial charge is 0.378 e. The van der Waals surface area contributed by atoms with Gasteiger partial charge < -0.3 is 9.64 Å². The van der Waals surface area contributed by atoms with Crippen LogP contribution in [-0.4, -0.2) is 36.6 Å². The highest BCUT2D eigenvalue weighted by molar-refractivity contribution is 5.77. The SMILES string of the molecule is CCN(CC)C(=O)CC(C)(C)OC. The van der Waals surface area contributed by atoms with E-state index in [4.69, 9.17) is 4.74 Å². The number of amides is 1. The summed E-state index contributed by atoms with van der Waals surface area (Å²) < 4.78 is 5.20. The van der Waals surface area contributed by atoms with Gasteiger partial charge in [0.05, 0.1) is 12.0 Å². The number of methoxy groups -OCH3 is 1. The first kappa shape index (κ1) is 12.4. The molecule has 13 heavy (non-hydrogen) atoms. The topological polar surface area (TPSA) is 29.5 Å². The van der Waals surface area contributed by atoms with E-state index in [0.717, 1.165) is 13.1 Å². The van der Waals surface area contributed by atoms with Crippen molar-refractivity contribution in [2.24, 2.45) is 0 Å². The zero-order chi connectivity index (χ0) is 10.5. The molecule has 0 aromatic carbocycles. The fourth-order valence-electron chi connectivity index (χ4n) is 1.12. The van der Waals surface area contributed by atoms with Crippen LogP contribution in [0.4, 0.5) is 0 Å². The van der Waals surface area contributed by atoms with Crippen LogP contribution in [0.1, 0.15) is 34.1 Å². The highest BCUT2D eigenvalue weighted by atomic mass is 16.5. The number of rotatable bonds is 5. The Hall–Kier alpha value is -0.570. The van der Waals surface area contributed by atoms with Crippen molar-refractivity contribution in [2.45, 2.75) is 39.7 Å². The second-order valence-corrected chi connectivity index (χ2v) is 3.71. The van der Waals surface area contributed by atoms with Gasteiger partial charge in [-0.2, -0.15) is 0 Å². The molecule has 0 fully saturated rings. The Kier molecular flexibility index (Phi) is 4.99. The molecule has 0 N–H and O–H groups in total. The van der Waals surface area contributed by atoms with Gasteiger partial charge in [0.1, 0.15) is 0 Å². The van der Waals surface area contributed by atoms with Crippen LogP contribution in [0.15, 0.2) is 0 Å². The minimum absolute atomic E-state index is 0.164. The maximum atomic E-state index is 11.6. The maximum Gasteiger partial charge on any atom is 0.225 e. The summed E-state index contributed by atoms with van der Waals surface area (Å²) in [6.07, 6.45) is 0.450. The van der Waals surface area contributed by atoms with E-state index in [-0.39, 0.29) is 11.5 Å². The Labute approximate surface area is 81.1 Å². The minimum Gasteiger partial charge on any atom is -0.378 e. The molecule has 0 bridgehead atoms. The van der Waals surface area contributed by atoms with Crippen molar-refractivity contribution >= 4 is 5.91 Å². The van der Waals surface area contributed by atoms with Crippen LogP contribution in [0.2, 0.25) is 0 Å². The summed E-state index contributed by atoms with van der Waals surface area (Å²) in [5, 5.41) is 0. The van der Waals surface area contributed by atoms with E-state index in [0.29, 0.717) is 6.42 Å². The van der Waals surface area contributed by atoms with Gasteiger partial charge in [-0.1, -0.05) is 0 Å². The number of hydrogen-bond acceptors (Lipinski definition) is 2. The van der Waals surface area contributed by atoms with Gasteiger partial charge in [0.15, 0.2) is 0 Å². The van der Waals surface area contributed by atoms with Crippen LogP contribution in [0, 0.1) is 0 Å². The summed E-state index contributed by atoms with van der Waals surface area (Å²) in [7, 11) is 1.63. The second kappa shape index (κ2) is 5.22.